The lowest BCUT2D eigenvalue weighted by atomic mass is 9.91. The van der Waals surface area contributed by atoms with Crippen LogP contribution in [0.2, 0.25) is 0 Å². The van der Waals surface area contributed by atoms with Crippen molar-refractivity contribution in [3.05, 3.63) is 0 Å². The van der Waals surface area contributed by atoms with Gasteiger partial charge in [-0.15, -0.1) is 0 Å². The van der Waals surface area contributed by atoms with Gasteiger partial charge in [0.1, 0.15) is 0 Å². The van der Waals surface area contributed by atoms with E-state index in [-0.39, 0.29) is 11.9 Å². The van der Waals surface area contributed by atoms with Gasteiger partial charge in [0.15, 0.2) is 0 Å². The molecule has 2 N–H and O–H groups in total. The highest BCUT2D eigenvalue weighted by Gasteiger charge is 2.34. The summed E-state index contributed by atoms with van der Waals surface area (Å²) in [5.74, 6) is -0.978. The summed E-state index contributed by atoms with van der Waals surface area (Å²) in [6.07, 6.45) is 9.68. The molecule has 2 aliphatic heterocycles. The molecule has 6 nitrogen and oxygen atoms in total. The minimum absolute atomic E-state index is 0.0895. The number of likely N-dealkylation sites (tertiary alicyclic amines) is 2. The molecule has 3 rings (SSSR count). The smallest absolute Gasteiger partial charge is 0.317 e. The van der Waals surface area contributed by atoms with Gasteiger partial charge in [-0.2, -0.15) is 0 Å². The van der Waals surface area contributed by atoms with Gasteiger partial charge < -0.3 is 15.3 Å². The number of rotatable bonds is 4. The van der Waals surface area contributed by atoms with Crippen molar-refractivity contribution < 1.29 is 14.7 Å². The first-order valence-electron chi connectivity index (χ1n) is 10.1. The number of piperidine rings is 1. The number of hydrogen-bond acceptors (Lipinski definition) is 3. The molecule has 2 amide bonds. The molecule has 1 saturated carbocycles. The molecule has 2 heterocycles. The van der Waals surface area contributed by atoms with Crippen molar-refractivity contribution in [2.24, 2.45) is 11.8 Å². The van der Waals surface area contributed by atoms with E-state index in [0.717, 1.165) is 13.0 Å². The summed E-state index contributed by atoms with van der Waals surface area (Å²) in [6.45, 7) is 4.87. The maximum atomic E-state index is 12.6. The number of carbonyl (C=O) groups excluding carboxylic acids is 1. The average molecular weight is 351 g/mol. The second kappa shape index (κ2) is 8.39. The Bertz CT molecular complexity index is 479. The summed E-state index contributed by atoms with van der Waals surface area (Å²) in [7, 11) is 0. The third-order valence-electron chi connectivity index (χ3n) is 6.25. The van der Waals surface area contributed by atoms with Crippen LogP contribution in [0, 0.1) is 11.8 Å². The van der Waals surface area contributed by atoms with Crippen LogP contribution in [0.5, 0.6) is 0 Å². The fourth-order valence-corrected chi connectivity index (χ4v) is 4.98. The van der Waals surface area contributed by atoms with Gasteiger partial charge in [0.2, 0.25) is 0 Å². The zero-order valence-electron chi connectivity index (χ0n) is 15.5. The Morgan fingerprint density at radius 3 is 2.56 bits per heavy atom. The van der Waals surface area contributed by atoms with Crippen LogP contribution < -0.4 is 5.32 Å². The van der Waals surface area contributed by atoms with E-state index in [1.807, 2.05) is 6.92 Å². The largest absolute Gasteiger partial charge is 0.481 e. The van der Waals surface area contributed by atoms with Crippen molar-refractivity contribution >= 4 is 12.0 Å². The molecule has 0 bridgehead atoms. The first kappa shape index (κ1) is 18.5. The van der Waals surface area contributed by atoms with E-state index >= 15 is 0 Å². The normalized spacial score (nSPS) is 31.9. The zero-order chi connectivity index (χ0) is 17.8. The summed E-state index contributed by atoms with van der Waals surface area (Å²) in [5, 5.41) is 12.4. The summed E-state index contributed by atoms with van der Waals surface area (Å²) in [6, 6.07) is 1.06. The number of aliphatic carboxylic acids is 1. The van der Waals surface area contributed by atoms with Gasteiger partial charge in [0.05, 0.1) is 5.92 Å². The van der Waals surface area contributed by atoms with E-state index in [4.69, 9.17) is 0 Å². The maximum absolute atomic E-state index is 12.6. The van der Waals surface area contributed by atoms with Gasteiger partial charge >= 0.3 is 12.0 Å². The van der Waals surface area contributed by atoms with Crippen molar-refractivity contribution in [2.45, 2.75) is 70.4 Å². The van der Waals surface area contributed by atoms with E-state index in [1.165, 1.54) is 38.5 Å². The molecule has 142 valence electrons. The van der Waals surface area contributed by atoms with Crippen molar-refractivity contribution in [2.75, 3.05) is 26.2 Å². The number of nitrogens with zero attached hydrogens (tertiary/aromatic N) is 2. The third kappa shape index (κ3) is 4.66. The predicted octanol–water partition coefficient (Wildman–Crippen LogP) is 2.54. The van der Waals surface area contributed by atoms with Crippen LogP contribution in [0.25, 0.3) is 0 Å². The third-order valence-corrected chi connectivity index (χ3v) is 6.25. The van der Waals surface area contributed by atoms with Crippen molar-refractivity contribution in [3.8, 4) is 0 Å². The van der Waals surface area contributed by atoms with Crippen molar-refractivity contribution in [1.82, 2.24) is 15.1 Å². The molecular weight excluding hydrogens is 318 g/mol. The molecule has 3 fully saturated rings. The Balaban J connectivity index is 1.50. The standard InChI is InChI=1S/C19H33N3O3/c1-14-10-15(18(23)24)13-21(12-14)19(25)20-11-17-8-5-9-22(17)16-6-3-2-4-7-16/h14-17H,2-13H2,1H3,(H,20,25)(H,23,24). The number of carboxylic acid groups (broad SMARTS) is 1. The van der Waals surface area contributed by atoms with E-state index < -0.39 is 11.9 Å². The van der Waals surface area contributed by atoms with Crippen LogP contribution in [0.4, 0.5) is 4.79 Å². The molecule has 25 heavy (non-hydrogen) atoms. The molecule has 3 atom stereocenters. The monoisotopic (exact) mass is 351 g/mol. The Hall–Kier alpha value is -1.30. The second-order valence-corrected chi connectivity index (χ2v) is 8.29. The van der Waals surface area contributed by atoms with Gasteiger partial charge in [-0.3, -0.25) is 9.69 Å². The summed E-state index contributed by atoms with van der Waals surface area (Å²) in [4.78, 5) is 28.2. The zero-order valence-corrected chi connectivity index (χ0v) is 15.5. The van der Waals surface area contributed by atoms with Crippen molar-refractivity contribution in [1.29, 1.82) is 0 Å². The quantitative estimate of drug-likeness (QED) is 0.816. The van der Waals surface area contributed by atoms with Crippen LogP contribution >= 0.6 is 0 Å². The second-order valence-electron chi connectivity index (χ2n) is 8.29. The lowest BCUT2D eigenvalue weighted by Gasteiger charge is -2.37. The number of carboxylic acids is 1. The van der Waals surface area contributed by atoms with Crippen LogP contribution in [0.1, 0.15) is 58.3 Å². The molecule has 3 aliphatic rings. The minimum Gasteiger partial charge on any atom is -0.481 e. The Labute approximate surface area is 150 Å². The van der Waals surface area contributed by atoms with E-state index in [9.17, 15) is 14.7 Å². The van der Waals surface area contributed by atoms with Gasteiger partial charge in [-0.05, 0) is 44.6 Å². The predicted molar refractivity (Wildman–Crippen MR) is 96.5 cm³/mol. The van der Waals surface area contributed by atoms with Crippen molar-refractivity contribution in [3.63, 3.8) is 0 Å². The summed E-state index contributed by atoms with van der Waals surface area (Å²) >= 11 is 0. The number of nitrogens with one attached hydrogen (secondary N) is 1. The number of urea groups is 1. The molecular formula is C19H33N3O3. The lowest BCUT2D eigenvalue weighted by Crippen LogP contribution is -2.52. The maximum Gasteiger partial charge on any atom is 0.317 e. The molecule has 0 aromatic heterocycles. The van der Waals surface area contributed by atoms with Gasteiger partial charge in [0, 0.05) is 31.7 Å². The minimum atomic E-state index is -0.788. The highest BCUT2D eigenvalue weighted by molar-refractivity contribution is 5.76. The summed E-state index contributed by atoms with van der Waals surface area (Å²) < 4.78 is 0. The average Bonchev–Trinajstić information content (AvgIpc) is 3.08. The van der Waals surface area contributed by atoms with E-state index in [2.05, 4.69) is 10.2 Å². The van der Waals surface area contributed by atoms with Gasteiger partial charge in [-0.25, -0.2) is 4.79 Å². The molecule has 3 unspecified atom stereocenters. The van der Waals surface area contributed by atoms with Crippen LogP contribution in [0.15, 0.2) is 0 Å². The van der Waals surface area contributed by atoms with Crippen LogP contribution in [0.3, 0.4) is 0 Å². The molecule has 1 aliphatic carbocycles. The molecule has 0 spiro atoms. The molecule has 0 aromatic carbocycles. The van der Waals surface area contributed by atoms with Crippen LogP contribution in [-0.2, 0) is 4.79 Å². The molecule has 2 saturated heterocycles. The fourth-order valence-electron chi connectivity index (χ4n) is 4.98. The van der Waals surface area contributed by atoms with Gasteiger partial charge in [0.25, 0.3) is 0 Å². The highest BCUT2D eigenvalue weighted by Crippen LogP contribution is 2.29. The number of carbonyl (C=O) groups is 2. The number of hydrogen-bond donors (Lipinski definition) is 2. The van der Waals surface area contributed by atoms with E-state index in [1.54, 1.807) is 4.90 Å². The number of amides is 2. The summed E-state index contributed by atoms with van der Waals surface area (Å²) in [5.41, 5.74) is 0. The Morgan fingerprint density at radius 1 is 1.08 bits per heavy atom. The Morgan fingerprint density at radius 2 is 1.84 bits per heavy atom. The Kier molecular flexibility index (Phi) is 6.20. The van der Waals surface area contributed by atoms with E-state index in [0.29, 0.717) is 38.1 Å². The molecule has 0 radical (unpaired) electrons. The lowest BCUT2D eigenvalue weighted by molar-refractivity contribution is -0.143. The molecule has 6 heteroatoms. The first-order valence-corrected chi connectivity index (χ1v) is 10.1. The SMILES string of the molecule is CC1CC(C(=O)O)CN(C(=O)NCC2CCCN2C2CCCCC2)C1. The highest BCUT2D eigenvalue weighted by atomic mass is 16.4. The van der Waals surface area contributed by atoms with Crippen LogP contribution in [-0.4, -0.2) is 65.2 Å². The van der Waals surface area contributed by atoms with Gasteiger partial charge in [-0.1, -0.05) is 26.2 Å². The topological polar surface area (TPSA) is 72.9 Å². The fraction of sp³-hybridized carbons (Fsp3) is 0.895. The first-order chi connectivity index (χ1) is 12.0. The molecule has 0 aromatic rings.